The third kappa shape index (κ3) is 3.80. The van der Waals surface area contributed by atoms with Crippen LogP contribution in [0.4, 0.5) is 15.9 Å². The second-order valence-electron chi connectivity index (χ2n) is 7.76. The number of fused-ring (bicyclic) bond motifs is 1. The molecule has 7 heteroatoms. The van der Waals surface area contributed by atoms with Crippen molar-refractivity contribution in [2.24, 2.45) is 0 Å². The van der Waals surface area contributed by atoms with E-state index in [2.05, 4.69) is 15.6 Å². The van der Waals surface area contributed by atoms with Crippen molar-refractivity contribution >= 4 is 28.6 Å². The molecule has 1 aromatic carbocycles. The van der Waals surface area contributed by atoms with E-state index in [1.807, 2.05) is 32.1 Å². The number of carbonyl (C=O) groups excluding carboxylic acids is 1. The molecule has 30 heavy (non-hydrogen) atoms. The minimum Gasteiger partial charge on any atom is -0.482 e. The lowest BCUT2D eigenvalue weighted by Gasteiger charge is -2.23. The fourth-order valence-corrected chi connectivity index (χ4v) is 3.69. The lowest BCUT2D eigenvalue weighted by atomic mass is 9.93. The van der Waals surface area contributed by atoms with E-state index < -0.39 is 11.4 Å². The van der Waals surface area contributed by atoms with Gasteiger partial charge in [-0.25, -0.2) is 9.37 Å². The van der Waals surface area contributed by atoms with Crippen LogP contribution in [0, 0.1) is 5.82 Å². The maximum Gasteiger partial charge on any atom is 0.260 e. The van der Waals surface area contributed by atoms with E-state index in [-0.39, 0.29) is 5.91 Å². The number of benzene rings is 1. The number of carbonyl (C=O) groups is 1. The number of rotatable bonds is 6. The Kier molecular flexibility index (Phi) is 5.30. The van der Waals surface area contributed by atoms with Gasteiger partial charge < -0.3 is 20.1 Å². The molecule has 0 unspecified atom stereocenters. The molecule has 2 aliphatic rings. The van der Waals surface area contributed by atoms with Crippen molar-refractivity contribution in [1.82, 2.24) is 4.98 Å². The van der Waals surface area contributed by atoms with Crippen molar-refractivity contribution in [2.45, 2.75) is 25.9 Å². The molecule has 0 aliphatic carbocycles. The van der Waals surface area contributed by atoms with Crippen LogP contribution < -0.4 is 10.6 Å². The third-order valence-corrected chi connectivity index (χ3v) is 5.17. The fourth-order valence-electron chi connectivity index (χ4n) is 3.69. The van der Waals surface area contributed by atoms with Crippen molar-refractivity contribution in [3.05, 3.63) is 65.3 Å². The summed E-state index contributed by atoms with van der Waals surface area (Å²) in [5.74, 6) is 0.513. The van der Waals surface area contributed by atoms with E-state index in [0.717, 1.165) is 29.9 Å². The van der Waals surface area contributed by atoms with E-state index >= 15 is 0 Å². The number of pyridine rings is 1. The van der Waals surface area contributed by atoms with Gasteiger partial charge in [-0.1, -0.05) is 0 Å². The fraction of sp³-hybridized carbons (Fsp3) is 0.304. The molecule has 0 fully saturated rings. The van der Waals surface area contributed by atoms with E-state index in [9.17, 15) is 9.18 Å². The quantitative estimate of drug-likeness (QED) is 0.552. The van der Waals surface area contributed by atoms with Crippen LogP contribution in [0.5, 0.6) is 0 Å². The highest BCUT2D eigenvalue weighted by Crippen LogP contribution is 2.44. The molecule has 3 heterocycles. The van der Waals surface area contributed by atoms with Crippen LogP contribution in [0.2, 0.25) is 0 Å². The molecule has 156 valence electrons. The van der Waals surface area contributed by atoms with Crippen LogP contribution in [0.15, 0.2) is 48.4 Å². The summed E-state index contributed by atoms with van der Waals surface area (Å²) in [6.45, 7) is 5.34. The van der Waals surface area contributed by atoms with E-state index in [1.54, 1.807) is 19.4 Å². The zero-order valence-electron chi connectivity index (χ0n) is 17.2. The Morgan fingerprint density at radius 2 is 2.10 bits per heavy atom. The summed E-state index contributed by atoms with van der Waals surface area (Å²) in [5, 5.41) is 6.02. The molecule has 1 amide bonds. The van der Waals surface area contributed by atoms with Gasteiger partial charge in [-0.2, -0.15) is 0 Å². The number of nitrogens with zero attached hydrogens (tertiary/aromatic N) is 1. The highest BCUT2D eigenvalue weighted by Gasteiger charge is 2.38. The molecular weight excluding hydrogens is 385 g/mol. The van der Waals surface area contributed by atoms with Gasteiger partial charge in [0.05, 0.1) is 5.57 Å². The average molecular weight is 409 g/mol. The van der Waals surface area contributed by atoms with Gasteiger partial charge in [0.1, 0.15) is 23.0 Å². The number of methoxy groups -OCH3 is 1. The van der Waals surface area contributed by atoms with Crippen LogP contribution >= 0.6 is 0 Å². The Labute approximate surface area is 174 Å². The highest BCUT2D eigenvalue weighted by atomic mass is 19.1. The van der Waals surface area contributed by atoms with Crippen molar-refractivity contribution in [3.63, 3.8) is 0 Å². The average Bonchev–Trinajstić information content (AvgIpc) is 3.20. The van der Waals surface area contributed by atoms with Gasteiger partial charge in [-0.3, -0.25) is 4.79 Å². The first-order chi connectivity index (χ1) is 14.4. The first-order valence-corrected chi connectivity index (χ1v) is 9.85. The van der Waals surface area contributed by atoms with E-state index in [0.29, 0.717) is 29.2 Å². The molecule has 0 spiro atoms. The number of aromatic nitrogens is 1. The molecule has 4 rings (SSSR count). The van der Waals surface area contributed by atoms with Crippen LogP contribution in [-0.4, -0.2) is 36.8 Å². The number of allylic oxidation sites excluding steroid dienone is 1. The SMILES string of the molecule is COCCCNc1ccc(C2=C/C(=C3\C(=O)Nc4ccc(F)cc43)OC2(C)C)cn1. The minimum absolute atomic E-state index is 0.298. The smallest absolute Gasteiger partial charge is 0.260 e. The Morgan fingerprint density at radius 1 is 1.27 bits per heavy atom. The molecule has 2 aliphatic heterocycles. The topological polar surface area (TPSA) is 72.5 Å². The molecule has 6 nitrogen and oxygen atoms in total. The van der Waals surface area contributed by atoms with Gasteiger partial charge in [0, 0.05) is 48.8 Å². The number of ether oxygens (including phenoxy) is 2. The van der Waals surface area contributed by atoms with Gasteiger partial charge in [0.25, 0.3) is 5.91 Å². The summed E-state index contributed by atoms with van der Waals surface area (Å²) in [5.41, 5.74) is 2.58. The molecule has 1 aromatic heterocycles. The number of hydrogen-bond donors (Lipinski definition) is 2. The number of halogens is 1. The maximum atomic E-state index is 13.8. The summed E-state index contributed by atoms with van der Waals surface area (Å²) in [4.78, 5) is 17.0. The Bertz CT molecular complexity index is 1040. The highest BCUT2D eigenvalue weighted by molar-refractivity contribution is 6.32. The Balaban J connectivity index is 1.64. The predicted octanol–water partition coefficient (Wildman–Crippen LogP) is 4.22. The molecule has 0 saturated carbocycles. The van der Waals surface area contributed by atoms with E-state index in [4.69, 9.17) is 9.47 Å². The Hall–Kier alpha value is -3.19. The number of nitrogens with one attached hydrogen (secondary N) is 2. The molecule has 0 bridgehead atoms. The first kappa shape index (κ1) is 20.1. The zero-order chi connectivity index (χ0) is 21.3. The molecule has 2 aromatic rings. The van der Waals surface area contributed by atoms with Gasteiger partial charge in [0.15, 0.2) is 0 Å². The third-order valence-electron chi connectivity index (χ3n) is 5.17. The normalized spacial score (nSPS) is 19.2. The molecule has 0 saturated heterocycles. The number of hydrogen-bond acceptors (Lipinski definition) is 5. The zero-order valence-corrected chi connectivity index (χ0v) is 17.2. The lowest BCUT2D eigenvalue weighted by molar-refractivity contribution is -0.111. The largest absolute Gasteiger partial charge is 0.482 e. The molecule has 0 atom stereocenters. The van der Waals surface area contributed by atoms with Crippen LogP contribution in [0.25, 0.3) is 11.1 Å². The lowest BCUT2D eigenvalue weighted by Crippen LogP contribution is -2.21. The van der Waals surface area contributed by atoms with Crippen molar-refractivity contribution in [3.8, 4) is 0 Å². The van der Waals surface area contributed by atoms with Crippen molar-refractivity contribution < 1.29 is 18.7 Å². The molecule has 2 N–H and O–H groups in total. The number of anilines is 2. The summed E-state index contributed by atoms with van der Waals surface area (Å²) in [6.07, 6.45) is 4.52. The summed E-state index contributed by atoms with van der Waals surface area (Å²) < 4.78 is 25.0. The van der Waals surface area contributed by atoms with Gasteiger partial charge >= 0.3 is 0 Å². The van der Waals surface area contributed by atoms with Crippen molar-refractivity contribution in [1.29, 1.82) is 0 Å². The Morgan fingerprint density at radius 3 is 2.83 bits per heavy atom. The van der Waals surface area contributed by atoms with Crippen LogP contribution in [0.3, 0.4) is 0 Å². The van der Waals surface area contributed by atoms with Gasteiger partial charge in [-0.15, -0.1) is 0 Å². The van der Waals surface area contributed by atoms with Gasteiger partial charge in [0.2, 0.25) is 0 Å². The second-order valence-corrected chi connectivity index (χ2v) is 7.76. The monoisotopic (exact) mass is 409 g/mol. The van der Waals surface area contributed by atoms with E-state index in [1.165, 1.54) is 12.1 Å². The second kappa shape index (κ2) is 7.91. The first-order valence-electron chi connectivity index (χ1n) is 9.85. The molecular formula is C23H24FN3O3. The summed E-state index contributed by atoms with van der Waals surface area (Å²) >= 11 is 0. The van der Waals surface area contributed by atoms with Crippen LogP contribution in [0.1, 0.15) is 31.4 Å². The summed E-state index contributed by atoms with van der Waals surface area (Å²) in [7, 11) is 1.68. The standard InChI is InChI=1S/C23H24FN3O3/c1-23(2)17(14-5-8-20(26-13-14)25-9-4-10-29-3)12-19(30-23)21-16-11-15(24)6-7-18(16)27-22(21)28/h5-8,11-13H,4,9-10H2,1-3H3,(H,25,26)(H,27,28)/b21-19+. The van der Waals surface area contributed by atoms with Gasteiger partial charge in [-0.05, 0) is 56.7 Å². The van der Waals surface area contributed by atoms with Crippen LogP contribution in [-0.2, 0) is 14.3 Å². The molecule has 0 radical (unpaired) electrons. The number of amides is 1. The minimum atomic E-state index is -0.659. The summed E-state index contributed by atoms with van der Waals surface area (Å²) in [6, 6.07) is 8.12. The maximum absolute atomic E-state index is 13.8. The predicted molar refractivity (Wildman–Crippen MR) is 114 cm³/mol. The van der Waals surface area contributed by atoms with Crippen molar-refractivity contribution in [2.75, 3.05) is 30.9 Å².